The molecule has 0 bridgehead atoms. The van der Waals surface area contributed by atoms with Gasteiger partial charge in [-0.15, -0.1) is 5.10 Å². The first-order valence-electron chi connectivity index (χ1n) is 19.4. The van der Waals surface area contributed by atoms with E-state index in [0.717, 1.165) is 5.56 Å². The fourth-order valence-electron chi connectivity index (χ4n) is 6.46. The number of rotatable bonds is 19. The van der Waals surface area contributed by atoms with Crippen LogP contribution in [0.25, 0.3) is 44.6 Å². The molecule has 8 rings (SSSR count). The van der Waals surface area contributed by atoms with Crippen LogP contribution in [-0.2, 0) is 29.2 Å². The third-order valence-corrected chi connectivity index (χ3v) is 9.48. The van der Waals surface area contributed by atoms with Crippen LogP contribution in [0.2, 0.25) is 0 Å². The van der Waals surface area contributed by atoms with Crippen LogP contribution in [-0.4, -0.2) is 59.1 Å². The first-order chi connectivity index (χ1) is 29.9. The zero-order valence-corrected chi connectivity index (χ0v) is 32.7. The van der Waals surface area contributed by atoms with Gasteiger partial charge in [-0.25, -0.2) is 9.48 Å². The number of carboxylic acid groups (broad SMARTS) is 1. The summed E-state index contributed by atoms with van der Waals surface area (Å²) in [4.78, 5) is 37.6. The Hall–Kier alpha value is -7.55. The quantitative estimate of drug-likeness (QED) is 0.0784. The molecule has 14 nitrogen and oxygen atoms in total. The van der Waals surface area contributed by atoms with Crippen LogP contribution in [0.5, 0.6) is 17.2 Å². The summed E-state index contributed by atoms with van der Waals surface area (Å²) >= 11 is 0. The number of hydrogen-bond acceptors (Lipinski definition) is 12. The van der Waals surface area contributed by atoms with Gasteiger partial charge >= 0.3 is 5.97 Å². The van der Waals surface area contributed by atoms with Crippen LogP contribution in [0.15, 0.2) is 152 Å². The van der Waals surface area contributed by atoms with E-state index in [1.807, 2.05) is 30.3 Å². The maximum atomic E-state index is 13.5. The van der Waals surface area contributed by atoms with Crippen LogP contribution in [0.4, 0.5) is 0 Å². The zero-order chi connectivity index (χ0) is 42.0. The van der Waals surface area contributed by atoms with Crippen LogP contribution in [0.3, 0.4) is 0 Å². The minimum atomic E-state index is -1.05. The number of carbonyl (C=O) groups is 1. The average Bonchev–Trinajstić information content (AvgIpc) is 3.75. The van der Waals surface area contributed by atoms with Gasteiger partial charge in [-0.3, -0.25) is 9.59 Å². The lowest BCUT2D eigenvalue weighted by Crippen LogP contribution is -2.12. The van der Waals surface area contributed by atoms with Crippen LogP contribution in [0, 0.1) is 0 Å². The van der Waals surface area contributed by atoms with Gasteiger partial charge in [-0.2, -0.15) is 0 Å². The summed E-state index contributed by atoms with van der Waals surface area (Å²) in [5.74, 6) is 0.869. The van der Waals surface area contributed by atoms with E-state index in [1.54, 1.807) is 89.7 Å². The molecule has 0 unspecified atom stereocenters. The second-order valence-corrected chi connectivity index (χ2v) is 13.7. The Bertz CT molecular complexity index is 2890. The summed E-state index contributed by atoms with van der Waals surface area (Å²) in [6.07, 6.45) is 1.79. The normalized spacial score (nSPS) is 11.2. The molecule has 0 amide bonds. The Labute approximate surface area is 348 Å². The first-order valence-corrected chi connectivity index (χ1v) is 19.4. The van der Waals surface area contributed by atoms with Crippen molar-refractivity contribution in [1.29, 1.82) is 0 Å². The molecule has 0 saturated heterocycles. The number of aromatic carboxylic acids is 1. The van der Waals surface area contributed by atoms with Crippen molar-refractivity contribution in [3.63, 3.8) is 0 Å². The number of nitrogens with zero attached hydrogens (tertiary/aromatic N) is 3. The van der Waals surface area contributed by atoms with Gasteiger partial charge in [0.1, 0.15) is 53.9 Å². The molecule has 8 aromatic rings. The smallest absolute Gasteiger partial charge is 0.335 e. The molecule has 5 aromatic carbocycles. The van der Waals surface area contributed by atoms with E-state index in [1.165, 1.54) is 18.2 Å². The molecule has 3 heterocycles. The van der Waals surface area contributed by atoms with Gasteiger partial charge in [0, 0.05) is 23.3 Å². The highest BCUT2D eigenvalue weighted by molar-refractivity contribution is 5.87. The topological polar surface area (TPSA) is 175 Å². The Morgan fingerprint density at radius 2 is 1.41 bits per heavy atom. The Balaban J connectivity index is 0.761. The second kappa shape index (κ2) is 19.0. The van der Waals surface area contributed by atoms with Crippen LogP contribution >= 0.6 is 0 Å². The lowest BCUT2D eigenvalue weighted by molar-refractivity contribution is 0.0696. The molecule has 0 saturated carbocycles. The van der Waals surface area contributed by atoms with Crippen LogP contribution in [0.1, 0.15) is 21.6 Å². The highest BCUT2D eigenvalue weighted by Gasteiger charge is 2.19. The molecule has 0 aliphatic heterocycles. The fourth-order valence-corrected chi connectivity index (χ4v) is 6.46. The summed E-state index contributed by atoms with van der Waals surface area (Å²) in [6, 6.07) is 36.4. The molecule has 14 heteroatoms. The van der Waals surface area contributed by atoms with Gasteiger partial charge in [0.15, 0.2) is 11.2 Å². The number of aromatic nitrogens is 3. The third kappa shape index (κ3) is 10.0. The summed E-state index contributed by atoms with van der Waals surface area (Å²) in [5.41, 5.74) is 3.20. The minimum absolute atomic E-state index is 0.0217. The zero-order valence-electron chi connectivity index (χ0n) is 32.7. The predicted octanol–water partition coefficient (Wildman–Crippen LogP) is 7.79. The van der Waals surface area contributed by atoms with Gasteiger partial charge in [0.05, 0.1) is 55.5 Å². The van der Waals surface area contributed by atoms with Crippen molar-refractivity contribution < 1.29 is 42.4 Å². The molecule has 0 fully saturated rings. The molecule has 0 aliphatic carbocycles. The van der Waals surface area contributed by atoms with Crippen molar-refractivity contribution in [2.75, 3.05) is 33.0 Å². The number of fused-ring (bicyclic) bond motifs is 2. The number of carboxylic acids is 1. The monoisotopic (exact) mass is 821 g/mol. The molecular weight excluding hydrogens is 783 g/mol. The van der Waals surface area contributed by atoms with Crippen molar-refractivity contribution in [2.45, 2.75) is 19.8 Å². The van der Waals surface area contributed by atoms with E-state index in [-0.39, 0.29) is 47.8 Å². The SMILES string of the molecule is O=C(O)c1cccc(COc2c(-c3ccc(OCCOCCn4cc(COCCOc5ccc6c(=O)cc(-c7ccccc7)oc6c5)nn4)cc3)oc3ccccc3c2=O)c1. The lowest BCUT2D eigenvalue weighted by Gasteiger charge is -2.13. The van der Waals surface area contributed by atoms with Crippen molar-refractivity contribution in [2.24, 2.45) is 0 Å². The number of hydrogen-bond donors (Lipinski definition) is 1. The van der Waals surface area contributed by atoms with Crippen LogP contribution < -0.4 is 25.1 Å². The maximum absolute atomic E-state index is 13.5. The largest absolute Gasteiger partial charge is 0.491 e. The molecule has 0 spiro atoms. The summed E-state index contributed by atoms with van der Waals surface area (Å²) in [6.45, 7) is 2.34. The predicted molar refractivity (Wildman–Crippen MR) is 225 cm³/mol. The highest BCUT2D eigenvalue weighted by Crippen LogP contribution is 2.33. The highest BCUT2D eigenvalue weighted by atomic mass is 16.5. The van der Waals surface area contributed by atoms with E-state index in [9.17, 15) is 19.5 Å². The molecule has 61 heavy (non-hydrogen) atoms. The average molecular weight is 822 g/mol. The Morgan fingerprint density at radius 3 is 2.25 bits per heavy atom. The van der Waals surface area contributed by atoms with E-state index in [4.69, 9.17) is 32.5 Å². The van der Waals surface area contributed by atoms with E-state index < -0.39 is 5.97 Å². The van der Waals surface area contributed by atoms with E-state index in [0.29, 0.717) is 89.0 Å². The Morgan fingerprint density at radius 1 is 0.639 bits per heavy atom. The molecule has 308 valence electrons. The molecule has 0 aliphatic rings. The first kappa shape index (κ1) is 40.2. The van der Waals surface area contributed by atoms with Gasteiger partial charge in [-0.1, -0.05) is 59.8 Å². The minimum Gasteiger partial charge on any atom is -0.491 e. The summed E-state index contributed by atoms with van der Waals surface area (Å²) < 4.78 is 43.1. The number of benzene rings is 5. The van der Waals surface area contributed by atoms with Gasteiger partial charge in [0.2, 0.25) is 11.2 Å². The number of para-hydroxylation sites is 1. The van der Waals surface area contributed by atoms with Crippen molar-refractivity contribution in [1.82, 2.24) is 15.0 Å². The number of ether oxygens (including phenoxy) is 5. The molecule has 3 aromatic heterocycles. The lowest BCUT2D eigenvalue weighted by atomic mass is 10.1. The fraction of sp³-hybridized carbons (Fsp3) is 0.170. The van der Waals surface area contributed by atoms with Crippen molar-refractivity contribution in [3.05, 3.63) is 171 Å². The maximum Gasteiger partial charge on any atom is 0.335 e. The van der Waals surface area contributed by atoms with Crippen molar-refractivity contribution >= 4 is 27.9 Å². The van der Waals surface area contributed by atoms with Gasteiger partial charge in [-0.05, 0) is 66.2 Å². The van der Waals surface area contributed by atoms with E-state index in [2.05, 4.69) is 10.3 Å². The van der Waals surface area contributed by atoms with E-state index >= 15 is 0 Å². The third-order valence-electron chi connectivity index (χ3n) is 9.48. The summed E-state index contributed by atoms with van der Waals surface area (Å²) in [7, 11) is 0. The standard InChI is InChI=1S/C47H39N3O11/c51-40-27-42(32-8-2-1-3-9-32)60-43-26-37(17-18-38(40)43)58-24-22-56-30-35-28-50(49-48-35)19-20-55-21-23-57-36-15-13-33(14-16-36)45-46(44(52)39-11-4-5-12-41(39)61-45)59-29-31-7-6-10-34(25-31)47(53)54/h1-18,25-28H,19-24,29-30H2,(H,53,54). The Kier molecular flexibility index (Phi) is 12.5. The van der Waals surface area contributed by atoms with Gasteiger partial charge in [0.25, 0.3) is 0 Å². The molecular formula is C47H39N3O11. The summed E-state index contributed by atoms with van der Waals surface area (Å²) in [5, 5.41) is 18.5. The van der Waals surface area contributed by atoms with Gasteiger partial charge < -0.3 is 37.6 Å². The molecule has 1 N–H and O–H groups in total. The molecule has 0 atom stereocenters. The second-order valence-electron chi connectivity index (χ2n) is 13.7. The molecule has 0 radical (unpaired) electrons. The van der Waals surface area contributed by atoms with Crippen molar-refractivity contribution in [3.8, 4) is 39.9 Å².